The standard InChI is InChI=1S/C24H16Cl2FNO4S/c1-31-20-11-14(10-18(26)22(20)32-13-15-4-2-3-5-19(15)27)12-21-23(29)28(24(30)33-21)17-8-6-16(25)7-9-17/h2-12H,13H2,1H3/b21-12+. The van der Waals surface area contributed by atoms with E-state index in [1.807, 2.05) is 0 Å². The summed E-state index contributed by atoms with van der Waals surface area (Å²) in [5.74, 6) is -0.293. The molecule has 0 N–H and O–H groups in total. The molecule has 168 valence electrons. The SMILES string of the molecule is COc1cc(/C=C2/SC(=O)N(c3ccc(Cl)cc3)C2=O)cc(Cl)c1OCc1ccccc1F. The lowest BCUT2D eigenvalue weighted by molar-refractivity contribution is -0.113. The molecule has 0 spiro atoms. The van der Waals surface area contributed by atoms with Crippen LogP contribution in [0.1, 0.15) is 11.1 Å². The van der Waals surface area contributed by atoms with Crippen LogP contribution in [0.25, 0.3) is 6.08 Å². The molecule has 1 fully saturated rings. The summed E-state index contributed by atoms with van der Waals surface area (Å²) in [5, 5.41) is 0.297. The van der Waals surface area contributed by atoms with Crippen molar-refractivity contribution in [1.29, 1.82) is 0 Å². The maximum atomic E-state index is 13.9. The van der Waals surface area contributed by atoms with Crippen LogP contribution >= 0.6 is 35.0 Å². The molecule has 0 saturated carbocycles. The van der Waals surface area contributed by atoms with Gasteiger partial charge in [0.15, 0.2) is 11.5 Å². The van der Waals surface area contributed by atoms with Crippen molar-refractivity contribution >= 4 is 57.9 Å². The third-order valence-corrected chi connectivity index (χ3v) is 6.16. The van der Waals surface area contributed by atoms with Gasteiger partial charge in [-0.05, 0) is 65.9 Å². The molecule has 0 bridgehead atoms. The average Bonchev–Trinajstić information content (AvgIpc) is 3.07. The second-order valence-corrected chi connectivity index (χ2v) is 8.74. The number of hydrogen-bond donors (Lipinski definition) is 0. The minimum absolute atomic E-state index is 0.0396. The first-order chi connectivity index (χ1) is 15.9. The third kappa shape index (κ3) is 5.00. The van der Waals surface area contributed by atoms with E-state index in [-0.39, 0.29) is 28.1 Å². The van der Waals surface area contributed by atoms with E-state index < -0.39 is 11.1 Å². The summed E-state index contributed by atoms with van der Waals surface area (Å²) < 4.78 is 25.0. The molecule has 9 heteroatoms. The Morgan fingerprint density at radius 2 is 1.79 bits per heavy atom. The summed E-state index contributed by atoms with van der Waals surface area (Å²) >= 11 is 13.1. The van der Waals surface area contributed by atoms with E-state index in [0.29, 0.717) is 27.6 Å². The van der Waals surface area contributed by atoms with Crippen molar-refractivity contribution in [3.8, 4) is 11.5 Å². The number of imide groups is 1. The van der Waals surface area contributed by atoms with E-state index in [4.69, 9.17) is 32.7 Å². The van der Waals surface area contributed by atoms with Gasteiger partial charge in [-0.1, -0.05) is 41.4 Å². The van der Waals surface area contributed by atoms with Gasteiger partial charge in [-0.25, -0.2) is 9.29 Å². The van der Waals surface area contributed by atoms with Gasteiger partial charge in [-0.2, -0.15) is 0 Å². The quantitative estimate of drug-likeness (QED) is 0.340. The first kappa shape index (κ1) is 23.2. The minimum atomic E-state index is -0.456. The van der Waals surface area contributed by atoms with Crippen LogP contribution < -0.4 is 14.4 Å². The first-order valence-corrected chi connectivity index (χ1v) is 11.2. The Hall–Kier alpha value is -3.00. The Balaban J connectivity index is 1.58. The molecule has 3 aromatic rings. The predicted octanol–water partition coefficient (Wildman–Crippen LogP) is 6.96. The summed E-state index contributed by atoms with van der Waals surface area (Å²) in [4.78, 5) is 26.6. The van der Waals surface area contributed by atoms with Gasteiger partial charge in [-0.15, -0.1) is 0 Å². The van der Waals surface area contributed by atoms with Gasteiger partial charge < -0.3 is 9.47 Å². The summed E-state index contributed by atoms with van der Waals surface area (Å²) in [6, 6.07) is 15.9. The number of amides is 2. The molecule has 0 radical (unpaired) electrons. The van der Waals surface area contributed by atoms with E-state index >= 15 is 0 Å². The number of carbonyl (C=O) groups excluding carboxylic acids is 2. The van der Waals surface area contributed by atoms with Crippen molar-refractivity contribution in [2.75, 3.05) is 12.0 Å². The Labute approximate surface area is 203 Å². The molecule has 5 nitrogen and oxygen atoms in total. The zero-order valence-electron chi connectivity index (χ0n) is 17.2. The van der Waals surface area contributed by atoms with Crippen molar-refractivity contribution in [3.63, 3.8) is 0 Å². The topological polar surface area (TPSA) is 55.8 Å². The molecule has 33 heavy (non-hydrogen) atoms. The van der Waals surface area contributed by atoms with Gasteiger partial charge in [0, 0.05) is 10.6 Å². The van der Waals surface area contributed by atoms with Crippen molar-refractivity contribution < 1.29 is 23.5 Å². The molecular weight excluding hydrogens is 488 g/mol. The smallest absolute Gasteiger partial charge is 0.298 e. The fourth-order valence-electron chi connectivity index (χ4n) is 3.16. The molecule has 0 atom stereocenters. The van der Waals surface area contributed by atoms with Crippen LogP contribution in [0, 0.1) is 5.82 Å². The van der Waals surface area contributed by atoms with Crippen LogP contribution in [-0.4, -0.2) is 18.3 Å². The zero-order chi connectivity index (χ0) is 23.5. The lowest BCUT2D eigenvalue weighted by atomic mass is 10.1. The lowest BCUT2D eigenvalue weighted by Crippen LogP contribution is -2.27. The Morgan fingerprint density at radius 3 is 2.48 bits per heavy atom. The molecule has 0 aliphatic carbocycles. The number of halogens is 3. The van der Waals surface area contributed by atoms with E-state index in [0.717, 1.165) is 16.7 Å². The average molecular weight is 504 g/mol. The van der Waals surface area contributed by atoms with Gasteiger partial charge in [0.05, 0.1) is 22.7 Å². The van der Waals surface area contributed by atoms with Crippen LogP contribution in [0.2, 0.25) is 10.0 Å². The maximum Gasteiger partial charge on any atom is 0.298 e. The summed E-state index contributed by atoms with van der Waals surface area (Å²) in [5.41, 5.74) is 1.34. The highest BCUT2D eigenvalue weighted by Crippen LogP contribution is 2.40. The van der Waals surface area contributed by atoms with Crippen LogP contribution in [0.5, 0.6) is 11.5 Å². The monoisotopic (exact) mass is 503 g/mol. The molecule has 2 amide bonds. The summed E-state index contributed by atoms with van der Waals surface area (Å²) in [7, 11) is 1.44. The molecular formula is C24H16Cl2FNO4S. The number of thioether (sulfide) groups is 1. The van der Waals surface area contributed by atoms with E-state index in [9.17, 15) is 14.0 Å². The third-order valence-electron chi connectivity index (χ3n) is 4.76. The van der Waals surface area contributed by atoms with Crippen LogP contribution in [0.3, 0.4) is 0 Å². The minimum Gasteiger partial charge on any atom is -0.493 e. The first-order valence-electron chi connectivity index (χ1n) is 9.64. The molecule has 1 saturated heterocycles. The number of carbonyl (C=O) groups is 2. The lowest BCUT2D eigenvalue weighted by Gasteiger charge is -2.14. The Morgan fingerprint density at radius 1 is 1.06 bits per heavy atom. The Bertz CT molecular complexity index is 1260. The number of anilines is 1. The Kier molecular flexibility index (Phi) is 6.93. The second kappa shape index (κ2) is 9.87. The van der Waals surface area contributed by atoms with Crippen LogP contribution in [0.15, 0.2) is 65.6 Å². The van der Waals surface area contributed by atoms with Gasteiger partial charge in [-0.3, -0.25) is 9.59 Å². The highest BCUT2D eigenvalue weighted by Gasteiger charge is 2.36. The zero-order valence-corrected chi connectivity index (χ0v) is 19.5. The number of benzene rings is 3. The molecule has 3 aromatic carbocycles. The van der Waals surface area contributed by atoms with Crippen molar-refractivity contribution in [1.82, 2.24) is 0 Å². The van der Waals surface area contributed by atoms with Gasteiger partial charge in [0.1, 0.15) is 12.4 Å². The molecule has 4 rings (SSSR count). The summed E-state index contributed by atoms with van der Waals surface area (Å²) in [6.45, 7) is -0.0396. The van der Waals surface area contributed by atoms with E-state index in [2.05, 4.69) is 0 Å². The number of rotatable bonds is 6. The van der Waals surface area contributed by atoms with E-state index in [1.165, 1.54) is 13.2 Å². The van der Waals surface area contributed by atoms with Crippen LogP contribution in [0.4, 0.5) is 14.9 Å². The van der Waals surface area contributed by atoms with Gasteiger partial charge >= 0.3 is 0 Å². The number of nitrogens with zero attached hydrogens (tertiary/aromatic N) is 1. The molecule has 1 aliphatic rings. The predicted molar refractivity (Wildman–Crippen MR) is 129 cm³/mol. The highest BCUT2D eigenvalue weighted by atomic mass is 35.5. The van der Waals surface area contributed by atoms with Crippen molar-refractivity contribution in [2.45, 2.75) is 6.61 Å². The van der Waals surface area contributed by atoms with Gasteiger partial charge in [0.2, 0.25) is 0 Å². The maximum absolute atomic E-state index is 13.9. The fraction of sp³-hybridized carbons (Fsp3) is 0.0833. The van der Waals surface area contributed by atoms with Gasteiger partial charge in [0.25, 0.3) is 11.1 Å². The fourth-order valence-corrected chi connectivity index (χ4v) is 4.40. The number of methoxy groups -OCH3 is 1. The van der Waals surface area contributed by atoms with Crippen molar-refractivity contribution in [3.05, 3.63) is 92.6 Å². The van der Waals surface area contributed by atoms with E-state index in [1.54, 1.807) is 60.7 Å². The molecule has 0 unspecified atom stereocenters. The highest BCUT2D eigenvalue weighted by molar-refractivity contribution is 8.19. The summed E-state index contributed by atoms with van der Waals surface area (Å²) in [6.07, 6.45) is 1.55. The number of hydrogen-bond acceptors (Lipinski definition) is 5. The number of ether oxygens (including phenoxy) is 2. The normalized spacial score (nSPS) is 14.8. The molecule has 1 heterocycles. The molecule has 0 aromatic heterocycles. The largest absolute Gasteiger partial charge is 0.493 e. The second-order valence-electron chi connectivity index (χ2n) is 6.91. The molecule has 1 aliphatic heterocycles. The van der Waals surface area contributed by atoms with Crippen LogP contribution in [-0.2, 0) is 11.4 Å². The van der Waals surface area contributed by atoms with Crippen molar-refractivity contribution in [2.24, 2.45) is 0 Å².